The fourth-order valence-electron chi connectivity index (χ4n) is 4.71. The minimum atomic E-state index is -0.870. The van der Waals surface area contributed by atoms with Crippen molar-refractivity contribution < 1.29 is 9.84 Å². The Hall–Kier alpha value is -2.30. The molecule has 3 unspecified atom stereocenters. The molecule has 0 amide bonds. The number of fused-ring (bicyclic) bond motifs is 1. The van der Waals surface area contributed by atoms with Crippen LogP contribution in [0.2, 0.25) is 0 Å². The van der Waals surface area contributed by atoms with E-state index in [-0.39, 0.29) is 6.04 Å². The van der Waals surface area contributed by atoms with Crippen LogP contribution in [0.25, 0.3) is 0 Å². The second kappa shape index (κ2) is 9.23. The third-order valence-electron chi connectivity index (χ3n) is 6.65. The summed E-state index contributed by atoms with van der Waals surface area (Å²) < 4.78 is 6.13. The Kier molecular flexibility index (Phi) is 6.45. The molecular weight excluding hydrogens is 372 g/mol. The van der Waals surface area contributed by atoms with Gasteiger partial charge in [0.2, 0.25) is 0 Å². The fourth-order valence-corrected chi connectivity index (χ4v) is 4.71. The van der Waals surface area contributed by atoms with E-state index < -0.39 is 5.72 Å². The Morgan fingerprint density at radius 2 is 1.83 bits per heavy atom. The monoisotopic (exact) mass is 406 g/mol. The molecule has 0 bridgehead atoms. The SMILES string of the molecule is C=CC(C)CCC(O)(CN1c2ccccc2OCC1c1ccccc1)N1CCCC1. The fraction of sp³-hybridized carbons (Fsp3) is 0.462. The predicted octanol–water partition coefficient (Wildman–Crippen LogP) is 5.01. The van der Waals surface area contributed by atoms with E-state index in [0.29, 0.717) is 19.1 Å². The minimum Gasteiger partial charge on any atom is -0.489 e. The number of nitrogens with zero attached hydrogens (tertiary/aromatic N) is 2. The molecule has 2 aliphatic heterocycles. The van der Waals surface area contributed by atoms with Gasteiger partial charge in [0.15, 0.2) is 0 Å². The predicted molar refractivity (Wildman–Crippen MR) is 123 cm³/mol. The third kappa shape index (κ3) is 4.40. The Bertz CT molecular complexity index is 834. The number of hydrogen-bond donors (Lipinski definition) is 1. The lowest BCUT2D eigenvalue weighted by Gasteiger charge is -2.46. The number of β-amino-alcohol motifs (C(OH)–C–C–N with tert-alkyl or cyclic N) is 1. The molecule has 2 heterocycles. The lowest BCUT2D eigenvalue weighted by atomic mass is 9.95. The van der Waals surface area contributed by atoms with E-state index in [1.165, 1.54) is 5.56 Å². The number of allylic oxidation sites excluding steroid dienone is 1. The first kappa shape index (κ1) is 21.0. The Labute approximate surface area is 180 Å². The topological polar surface area (TPSA) is 35.9 Å². The number of ether oxygens (including phenoxy) is 1. The second-order valence-corrected chi connectivity index (χ2v) is 8.76. The van der Waals surface area contributed by atoms with Crippen LogP contribution < -0.4 is 9.64 Å². The summed E-state index contributed by atoms with van der Waals surface area (Å²) in [4.78, 5) is 4.66. The first-order valence-electron chi connectivity index (χ1n) is 11.2. The molecule has 4 heteroatoms. The molecule has 1 fully saturated rings. The first-order chi connectivity index (χ1) is 14.6. The molecule has 0 saturated carbocycles. The van der Waals surface area contributed by atoms with Crippen molar-refractivity contribution in [3.8, 4) is 5.75 Å². The van der Waals surface area contributed by atoms with Crippen LogP contribution in [0.4, 0.5) is 5.69 Å². The molecule has 2 aromatic carbocycles. The van der Waals surface area contributed by atoms with Crippen LogP contribution in [-0.2, 0) is 0 Å². The number of aliphatic hydroxyl groups is 1. The van der Waals surface area contributed by atoms with Gasteiger partial charge >= 0.3 is 0 Å². The smallest absolute Gasteiger partial charge is 0.142 e. The lowest BCUT2D eigenvalue weighted by Crippen LogP contribution is -2.56. The number of para-hydroxylation sites is 2. The molecule has 0 radical (unpaired) electrons. The zero-order valence-corrected chi connectivity index (χ0v) is 18.0. The molecule has 4 nitrogen and oxygen atoms in total. The highest BCUT2D eigenvalue weighted by atomic mass is 16.5. The van der Waals surface area contributed by atoms with Gasteiger partial charge in [-0.3, -0.25) is 4.90 Å². The van der Waals surface area contributed by atoms with E-state index in [9.17, 15) is 5.11 Å². The molecule has 4 rings (SSSR count). The highest BCUT2D eigenvalue weighted by molar-refractivity contribution is 5.61. The van der Waals surface area contributed by atoms with Gasteiger partial charge < -0.3 is 14.7 Å². The van der Waals surface area contributed by atoms with E-state index in [4.69, 9.17) is 4.74 Å². The molecule has 1 N–H and O–H groups in total. The van der Waals surface area contributed by atoms with Crippen LogP contribution in [-0.4, -0.2) is 42.0 Å². The molecule has 2 aromatic rings. The van der Waals surface area contributed by atoms with Crippen molar-refractivity contribution in [1.82, 2.24) is 4.90 Å². The van der Waals surface area contributed by atoms with Crippen molar-refractivity contribution in [3.05, 3.63) is 72.8 Å². The van der Waals surface area contributed by atoms with Gasteiger partial charge in [-0.05, 0) is 49.3 Å². The summed E-state index contributed by atoms with van der Waals surface area (Å²) in [7, 11) is 0. The zero-order valence-electron chi connectivity index (χ0n) is 18.0. The van der Waals surface area contributed by atoms with Crippen molar-refractivity contribution in [3.63, 3.8) is 0 Å². The largest absolute Gasteiger partial charge is 0.489 e. The summed E-state index contributed by atoms with van der Waals surface area (Å²) in [5.41, 5.74) is 1.41. The van der Waals surface area contributed by atoms with Crippen LogP contribution in [0.3, 0.4) is 0 Å². The van der Waals surface area contributed by atoms with E-state index in [2.05, 4.69) is 59.7 Å². The number of anilines is 1. The summed E-state index contributed by atoms with van der Waals surface area (Å²) in [6.07, 6.45) is 5.96. The van der Waals surface area contributed by atoms with Gasteiger partial charge in [0.1, 0.15) is 18.1 Å². The molecule has 160 valence electrons. The standard InChI is InChI=1S/C26H34N2O2/c1-3-21(2)15-16-26(29,27-17-9-10-18-27)20-28-23-13-7-8-14-25(23)30-19-24(28)22-11-5-4-6-12-22/h3-8,11-14,21,24,29H,1,9-10,15-20H2,2H3. The summed E-state index contributed by atoms with van der Waals surface area (Å²) in [6.45, 7) is 9.18. The van der Waals surface area contributed by atoms with Gasteiger partial charge in [-0.1, -0.05) is 55.5 Å². The quantitative estimate of drug-likeness (QED) is 0.625. The van der Waals surface area contributed by atoms with E-state index in [1.54, 1.807) is 0 Å². The summed E-state index contributed by atoms with van der Waals surface area (Å²) in [5, 5.41) is 12.0. The third-order valence-corrected chi connectivity index (χ3v) is 6.65. The van der Waals surface area contributed by atoms with Crippen molar-refractivity contribution >= 4 is 5.69 Å². The molecule has 0 aliphatic carbocycles. The highest BCUT2D eigenvalue weighted by Gasteiger charge is 2.41. The van der Waals surface area contributed by atoms with Crippen molar-refractivity contribution in [2.24, 2.45) is 5.92 Å². The molecule has 30 heavy (non-hydrogen) atoms. The Morgan fingerprint density at radius 1 is 1.13 bits per heavy atom. The average molecular weight is 407 g/mol. The molecule has 0 aromatic heterocycles. The summed E-state index contributed by atoms with van der Waals surface area (Å²) >= 11 is 0. The molecule has 2 aliphatic rings. The molecule has 3 atom stereocenters. The zero-order chi connectivity index (χ0) is 21.0. The van der Waals surface area contributed by atoms with Gasteiger partial charge in [-0.15, -0.1) is 6.58 Å². The van der Waals surface area contributed by atoms with E-state index >= 15 is 0 Å². The maximum atomic E-state index is 12.0. The Balaban J connectivity index is 1.68. The van der Waals surface area contributed by atoms with E-state index in [0.717, 1.165) is 50.2 Å². The Morgan fingerprint density at radius 3 is 2.57 bits per heavy atom. The van der Waals surface area contributed by atoms with Crippen molar-refractivity contribution in [1.29, 1.82) is 0 Å². The molecule has 1 saturated heterocycles. The van der Waals surface area contributed by atoms with Gasteiger partial charge in [0.05, 0.1) is 18.3 Å². The number of likely N-dealkylation sites (tertiary alicyclic amines) is 1. The van der Waals surface area contributed by atoms with Crippen LogP contribution >= 0.6 is 0 Å². The van der Waals surface area contributed by atoms with Crippen LogP contribution in [0, 0.1) is 5.92 Å². The number of benzene rings is 2. The van der Waals surface area contributed by atoms with E-state index in [1.807, 2.05) is 24.3 Å². The summed E-state index contributed by atoms with van der Waals surface area (Å²) in [6, 6.07) is 18.8. The van der Waals surface area contributed by atoms with Crippen molar-refractivity contribution in [2.75, 3.05) is 31.1 Å². The lowest BCUT2D eigenvalue weighted by molar-refractivity contribution is -0.100. The summed E-state index contributed by atoms with van der Waals surface area (Å²) in [5.74, 6) is 1.29. The van der Waals surface area contributed by atoms with Gasteiger partial charge in [0.25, 0.3) is 0 Å². The number of rotatable bonds is 8. The first-order valence-corrected chi connectivity index (χ1v) is 11.2. The maximum Gasteiger partial charge on any atom is 0.142 e. The van der Waals surface area contributed by atoms with Gasteiger partial charge in [0, 0.05) is 13.1 Å². The molecule has 0 spiro atoms. The molecular formula is C26H34N2O2. The van der Waals surface area contributed by atoms with Crippen LogP contribution in [0.5, 0.6) is 5.75 Å². The number of hydrogen-bond acceptors (Lipinski definition) is 4. The normalized spacial score (nSPS) is 22.1. The highest BCUT2D eigenvalue weighted by Crippen LogP contribution is 2.41. The van der Waals surface area contributed by atoms with Crippen LogP contribution in [0.1, 0.15) is 44.2 Å². The van der Waals surface area contributed by atoms with Gasteiger partial charge in [-0.25, -0.2) is 0 Å². The van der Waals surface area contributed by atoms with Gasteiger partial charge in [-0.2, -0.15) is 0 Å². The minimum absolute atomic E-state index is 0.0760. The average Bonchev–Trinajstić information content (AvgIpc) is 3.34. The van der Waals surface area contributed by atoms with Crippen molar-refractivity contribution in [2.45, 2.75) is 44.4 Å². The second-order valence-electron chi connectivity index (χ2n) is 8.76. The van der Waals surface area contributed by atoms with Crippen LogP contribution in [0.15, 0.2) is 67.3 Å². The maximum absolute atomic E-state index is 12.0.